The smallest absolute Gasteiger partial charge is 0.254 e. The van der Waals surface area contributed by atoms with Gasteiger partial charge in [0, 0.05) is 33.4 Å². The molecule has 1 aromatic heterocycles. The number of hydrogen-bond acceptors (Lipinski definition) is 4. The number of rotatable bonds is 5. The number of nitrogens with one attached hydrogen (secondary N) is 1. The molecule has 1 aromatic rings. The molecule has 104 valence electrons. The third kappa shape index (κ3) is 3.92. The van der Waals surface area contributed by atoms with Crippen molar-refractivity contribution in [3.05, 3.63) is 23.9 Å². The van der Waals surface area contributed by atoms with Crippen LogP contribution in [0.5, 0.6) is 0 Å². The van der Waals surface area contributed by atoms with Gasteiger partial charge < -0.3 is 15.1 Å². The molecule has 2 heterocycles. The molecule has 0 spiro atoms. The van der Waals surface area contributed by atoms with Gasteiger partial charge in [0.15, 0.2) is 0 Å². The van der Waals surface area contributed by atoms with Gasteiger partial charge in [0.2, 0.25) is 0 Å². The summed E-state index contributed by atoms with van der Waals surface area (Å²) in [6, 6.07) is 3.67. The quantitative estimate of drug-likeness (QED) is 0.868. The summed E-state index contributed by atoms with van der Waals surface area (Å²) in [5.74, 6) is 0.811. The molecule has 1 fully saturated rings. The highest BCUT2D eigenvalue weighted by atomic mass is 16.2. The second-order valence-electron chi connectivity index (χ2n) is 5.11. The van der Waals surface area contributed by atoms with Crippen LogP contribution in [0.15, 0.2) is 18.3 Å². The van der Waals surface area contributed by atoms with Gasteiger partial charge in [-0.25, -0.2) is 4.98 Å². The SMILES string of the molecule is CN(C)C(=O)c1ccc(NCCN2CCCC2)nc1. The van der Waals surface area contributed by atoms with Crippen LogP contribution in [-0.2, 0) is 0 Å². The number of likely N-dealkylation sites (tertiary alicyclic amines) is 1. The molecule has 0 aromatic carbocycles. The Morgan fingerprint density at radius 1 is 1.37 bits per heavy atom. The number of carbonyl (C=O) groups is 1. The Morgan fingerprint density at radius 2 is 2.11 bits per heavy atom. The van der Waals surface area contributed by atoms with E-state index in [1.54, 1.807) is 25.2 Å². The van der Waals surface area contributed by atoms with Crippen LogP contribution >= 0.6 is 0 Å². The molecule has 1 N–H and O–H groups in total. The summed E-state index contributed by atoms with van der Waals surface area (Å²) in [7, 11) is 3.48. The molecular formula is C14H22N4O. The summed E-state index contributed by atoms with van der Waals surface area (Å²) in [6.45, 7) is 4.38. The third-order valence-electron chi connectivity index (χ3n) is 3.35. The second kappa shape index (κ2) is 6.52. The minimum absolute atomic E-state index is 0.0175. The average Bonchev–Trinajstić information content (AvgIpc) is 2.92. The van der Waals surface area contributed by atoms with E-state index in [2.05, 4.69) is 15.2 Å². The van der Waals surface area contributed by atoms with Gasteiger partial charge in [-0.05, 0) is 38.1 Å². The zero-order valence-electron chi connectivity index (χ0n) is 11.7. The predicted octanol–water partition coefficient (Wildman–Crippen LogP) is 1.29. The minimum Gasteiger partial charge on any atom is -0.369 e. The van der Waals surface area contributed by atoms with Crippen molar-refractivity contribution in [2.45, 2.75) is 12.8 Å². The first kappa shape index (κ1) is 13.8. The van der Waals surface area contributed by atoms with Crippen molar-refractivity contribution in [3.63, 3.8) is 0 Å². The monoisotopic (exact) mass is 262 g/mol. The first-order valence-corrected chi connectivity index (χ1v) is 6.81. The Morgan fingerprint density at radius 3 is 2.68 bits per heavy atom. The molecule has 0 unspecified atom stereocenters. The molecule has 0 atom stereocenters. The molecule has 1 saturated heterocycles. The standard InChI is InChI=1S/C14H22N4O/c1-17(2)14(19)12-5-6-13(16-11-12)15-7-10-18-8-3-4-9-18/h5-6,11H,3-4,7-10H2,1-2H3,(H,15,16). The molecule has 5 heteroatoms. The molecule has 1 aliphatic rings. The van der Waals surface area contributed by atoms with Gasteiger partial charge in [0.05, 0.1) is 5.56 Å². The van der Waals surface area contributed by atoms with E-state index in [4.69, 9.17) is 0 Å². The molecular weight excluding hydrogens is 240 g/mol. The third-order valence-corrected chi connectivity index (χ3v) is 3.35. The molecule has 19 heavy (non-hydrogen) atoms. The van der Waals surface area contributed by atoms with Gasteiger partial charge in [-0.3, -0.25) is 4.79 Å². The Hall–Kier alpha value is -1.62. The van der Waals surface area contributed by atoms with Crippen LogP contribution in [0, 0.1) is 0 Å². The molecule has 1 aliphatic heterocycles. The number of carbonyl (C=O) groups excluding carboxylic acids is 1. The van der Waals surface area contributed by atoms with Crippen molar-refractivity contribution < 1.29 is 4.79 Å². The number of nitrogens with zero attached hydrogens (tertiary/aromatic N) is 3. The first-order valence-electron chi connectivity index (χ1n) is 6.81. The zero-order valence-corrected chi connectivity index (χ0v) is 11.7. The van der Waals surface area contributed by atoms with Gasteiger partial charge in [0.1, 0.15) is 5.82 Å². The topological polar surface area (TPSA) is 48.5 Å². The number of amides is 1. The van der Waals surface area contributed by atoms with Crippen molar-refractivity contribution in [1.29, 1.82) is 0 Å². The zero-order chi connectivity index (χ0) is 13.7. The molecule has 1 amide bonds. The molecule has 2 rings (SSSR count). The summed E-state index contributed by atoms with van der Waals surface area (Å²) < 4.78 is 0. The molecule has 0 saturated carbocycles. The lowest BCUT2D eigenvalue weighted by atomic mass is 10.2. The fraction of sp³-hybridized carbons (Fsp3) is 0.571. The largest absolute Gasteiger partial charge is 0.369 e. The Kier molecular flexibility index (Phi) is 4.74. The molecule has 0 radical (unpaired) electrons. The summed E-state index contributed by atoms with van der Waals surface area (Å²) in [5, 5.41) is 3.29. The van der Waals surface area contributed by atoms with Crippen LogP contribution in [0.25, 0.3) is 0 Å². The van der Waals surface area contributed by atoms with E-state index < -0.39 is 0 Å². The maximum atomic E-state index is 11.7. The van der Waals surface area contributed by atoms with Gasteiger partial charge in [0.25, 0.3) is 5.91 Å². The van der Waals surface area contributed by atoms with Crippen molar-refractivity contribution in [2.75, 3.05) is 45.6 Å². The molecule has 5 nitrogen and oxygen atoms in total. The summed E-state index contributed by atoms with van der Waals surface area (Å²) in [5.41, 5.74) is 0.620. The summed E-state index contributed by atoms with van der Waals surface area (Å²) >= 11 is 0. The summed E-state index contributed by atoms with van der Waals surface area (Å²) in [6.07, 6.45) is 4.26. The van der Waals surface area contributed by atoms with Crippen molar-refractivity contribution in [3.8, 4) is 0 Å². The van der Waals surface area contributed by atoms with Crippen LogP contribution in [0.2, 0.25) is 0 Å². The van der Waals surface area contributed by atoms with Crippen molar-refractivity contribution in [1.82, 2.24) is 14.8 Å². The number of anilines is 1. The van der Waals surface area contributed by atoms with Crippen LogP contribution < -0.4 is 5.32 Å². The maximum absolute atomic E-state index is 11.7. The highest BCUT2D eigenvalue weighted by Gasteiger charge is 2.11. The highest BCUT2D eigenvalue weighted by molar-refractivity contribution is 5.93. The Balaban J connectivity index is 1.79. The number of pyridine rings is 1. The summed E-state index contributed by atoms with van der Waals surface area (Å²) in [4.78, 5) is 20.0. The Bertz CT molecular complexity index is 410. The normalized spacial score (nSPS) is 15.5. The van der Waals surface area contributed by atoms with Crippen LogP contribution in [0.1, 0.15) is 23.2 Å². The van der Waals surface area contributed by atoms with E-state index in [0.29, 0.717) is 5.56 Å². The minimum atomic E-state index is -0.0175. The van der Waals surface area contributed by atoms with E-state index in [9.17, 15) is 4.79 Å². The Labute approximate surface area is 114 Å². The number of hydrogen-bond donors (Lipinski definition) is 1. The lowest BCUT2D eigenvalue weighted by molar-refractivity contribution is 0.0827. The molecule has 0 bridgehead atoms. The maximum Gasteiger partial charge on any atom is 0.254 e. The van der Waals surface area contributed by atoms with Crippen molar-refractivity contribution >= 4 is 11.7 Å². The van der Waals surface area contributed by atoms with E-state index in [0.717, 1.165) is 18.9 Å². The highest BCUT2D eigenvalue weighted by Crippen LogP contribution is 2.08. The average molecular weight is 262 g/mol. The lowest BCUT2D eigenvalue weighted by Crippen LogP contribution is -2.26. The van der Waals surface area contributed by atoms with Gasteiger partial charge in [-0.2, -0.15) is 0 Å². The predicted molar refractivity (Wildman–Crippen MR) is 76.4 cm³/mol. The van der Waals surface area contributed by atoms with Gasteiger partial charge >= 0.3 is 0 Å². The van der Waals surface area contributed by atoms with E-state index >= 15 is 0 Å². The van der Waals surface area contributed by atoms with Crippen LogP contribution in [-0.4, -0.2) is 61.0 Å². The van der Waals surface area contributed by atoms with Crippen molar-refractivity contribution in [2.24, 2.45) is 0 Å². The second-order valence-corrected chi connectivity index (χ2v) is 5.11. The number of aromatic nitrogens is 1. The van der Waals surface area contributed by atoms with Crippen LogP contribution in [0.3, 0.4) is 0 Å². The van der Waals surface area contributed by atoms with E-state index in [1.807, 2.05) is 12.1 Å². The van der Waals surface area contributed by atoms with Gasteiger partial charge in [-0.15, -0.1) is 0 Å². The van der Waals surface area contributed by atoms with E-state index in [-0.39, 0.29) is 5.91 Å². The van der Waals surface area contributed by atoms with Crippen LogP contribution in [0.4, 0.5) is 5.82 Å². The van der Waals surface area contributed by atoms with Gasteiger partial charge in [-0.1, -0.05) is 0 Å². The van der Waals surface area contributed by atoms with E-state index in [1.165, 1.54) is 25.9 Å². The fourth-order valence-electron chi connectivity index (χ4n) is 2.23. The lowest BCUT2D eigenvalue weighted by Gasteiger charge is -2.15. The fourth-order valence-corrected chi connectivity index (χ4v) is 2.23. The first-order chi connectivity index (χ1) is 9.16. The molecule has 0 aliphatic carbocycles.